The van der Waals surface area contributed by atoms with Crippen molar-refractivity contribution in [3.8, 4) is 0 Å². The second kappa shape index (κ2) is 10.5. The van der Waals surface area contributed by atoms with Crippen LogP contribution < -0.4 is 10.2 Å². The van der Waals surface area contributed by atoms with Gasteiger partial charge in [-0.2, -0.15) is 0 Å². The highest BCUT2D eigenvalue weighted by Gasteiger charge is 2.21. The highest BCUT2D eigenvalue weighted by Crippen LogP contribution is 2.24. The van der Waals surface area contributed by atoms with Gasteiger partial charge in [-0.1, -0.05) is 41.9 Å². The van der Waals surface area contributed by atoms with Gasteiger partial charge in [-0.15, -0.1) is 0 Å². The number of rotatable bonds is 6. The van der Waals surface area contributed by atoms with Crippen molar-refractivity contribution in [2.45, 2.75) is 19.0 Å². The van der Waals surface area contributed by atoms with Crippen LogP contribution in [0, 0.1) is 5.82 Å². The number of hydrogen-bond acceptors (Lipinski definition) is 5. The third-order valence-electron chi connectivity index (χ3n) is 6.03. The summed E-state index contributed by atoms with van der Waals surface area (Å²) < 4.78 is 19.6. The molecule has 1 fully saturated rings. The van der Waals surface area contributed by atoms with Crippen molar-refractivity contribution in [2.75, 3.05) is 24.7 Å². The van der Waals surface area contributed by atoms with Gasteiger partial charge in [0.2, 0.25) is 5.91 Å². The molecule has 0 bridgehead atoms. The van der Waals surface area contributed by atoms with Crippen LogP contribution in [0.25, 0.3) is 10.8 Å². The van der Waals surface area contributed by atoms with Crippen molar-refractivity contribution < 1.29 is 13.9 Å². The van der Waals surface area contributed by atoms with Gasteiger partial charge in [-0.05, 0) is 46.3 Å². The number of halogens is 2. The van der Waals surface area contributed by atoms with E-state index >= 15 is 0 Å². The molecule has 3 heterocycles. The number of pyridine rings is 2. The Bertz CT molecular complexity index is 1320. The summed E-state index contributed by atoms with van der Waals surface area (Å²) in [5, 5.41) is 5.61. The summed E-state index contributed by atoms with van der Waals surface area (Å²) in [7, 11) is 0. The number of anilines is 1. The van der Waals surface area contributed by atoms with Crippen molar-refractivity contribution in [2.24, 2.45) is 0 Å². The van der Waals surface area contributed by atoms with Crippen molar-refractivity contribution >= 4 is 34.1 Å². The minimum Gasteiger partial charge on any atom is -0.378 e. The number of carbonyl (C=O) groups is 1. The Morgan fingerprint density at radius 3 is 2.80 bits per heavy atom. The van der Waals surface area contributed by atoms with E-state index in [2.05, 4.69) is 15.3 Å². The van der Waals surface area contributed by atoms with Crippen molar-refractivity contribution in [3.05, 3.63) is 101 Å². The van der Waals surface area contributed by atoms with E-state index in [0.29, 0.717) is 24.6 Å². The van der Waals surface area contributed by atoms with Crippen LogP contribution in [-0.4, -0.2) is 35.6 Å². The van der Waals surface area contributed by atoms with Gasteiger partial charge in [0.25, 0.3) is 0 Å². The number of amides is 1. The van der Waals surface area contributed by atoms with Gasteiger partial charge in [-0.3, -0.25) is 14.7 Å². The maximum absolute atomic E-state index is 14.0. The molecule has 1 aliphatic rings. The average molecular weight is 491 g/mol. The number of hydrogen-bond donors (Lipinski definition) is 1. The minimum atomic E-state index is -0.454. The number of aromatic nitrogens is 2. The first-order valence-corrected chi connectivity index (χ1v) is 11.8. The van der Waals surface area contributed by atoms with Crippen LogP contribution in [-0.2, 0) is 22.5 Å². The predicted octanol–water partition coefficient (Wildman–Crippen LogP) is 4.86. The summed E-state index contributed by atoms with van der Waals surface area (Å²) in [5.41, 5.74) is 2.37. The zero-order chi connectivity index (χ0) is 24.2. The molecule has 1 N–H and O–H groups in total. The monoisotopic (exact) mass is 490 g/mol. The molecule has 178 valence electrons. The van der Waals surface area contributed by atoms with Crippen LogP contribution in [0.1, 0.15) is 22.7 Å². The van der Waals surface area contributed by atoms with Crippen molar-refractivity contribution in [1.29, 1.82) is 0 Å². The number of fused-ring (bicyclic) bond motifs is 1. The van der Waals surface area contributed by atoms with Gasteiger partial charge in [-0.25, -0.2) is 9.37 Å². The summed E-state index contributed by atoms with van der Waals surface area (Å²) in [5.74, 6) is -0.156. The summed E-state index contributed by atoms with van der Waals surface area (Å²) in [6.45, 7) is 2.16. The largest absolute Gasteiger partial charge is 0.378 e. The second-order valence-corrected chi connectivity index (χ2v) is 8.92. The van der Waals surface area contributed by atoms with Gasteiger partial charge >= 0.3 is 0 Å². The minimum absolute atomic E-state index is 0.0539. The van der Waals surface area contributed by atoms with Gasteiger partial charge in [0.15, 0.2) is 0 Å². The molecular weight excluding hydrogens is 467 g/mol. The molecule has 5 rings (SSSR count). The van der Waals surface area contributed by atoms with E-state index in [1.807, 2.05) is 36.4 Å². The Hall–Kier alpha value is -3.39. The molecule has 4 aromatic rings. The average Bonchev–Trinajstić information content (AvgIpc) is 2.87. The molecule has 6 nitrogen and oxygen atoms in total. The SMILES string of the molecule is O=C(Cc1cncc2ccccc12)N(Cc1cc(F)cc(Cl)c1)c1ccc(C2COCCN2)cn1. The molecule has 2 aromatic heterocycles. The predicted molar refractivity (Wildman–Crippen MR) is 134 cm³/mol. The van der Waals surface area contributed by atoms with E-state index in [0.717, 1.165) is 28.4 Å². The van der Waals surface area contributed by atoms with Gasteiger partial charge in [0.1, 0.15) is 11.6 Å². The first-order chi connectivity index (χ1) is 17.1. The molecule has 1 amide bonds. The first-order valence-electron chi connectivity index (χ1n) is 11.4. The third kappa shape index (κ3) is 5.48. The quantitative estimate of drug-likeness (QED) is 0.418. The zero-order valence-electron chi connectivity index (χ0n) is 19.0. The number of nitrogens with one attached hydrogen (secondary N) is 1. The molecule has 2 aromatic carbocycles. The standard InChI is InChI=1S/C27H24ClFN4O2/c28-22-9-18(10-23(29)12-22)16-33(26-6-5-20(15-32-26)25-17-35-8-7-31-25)27(34)11-21-14-30-13-19-3-1-2-4-24(19)21/h1-6,9-10,12-15,25,31H,7-8,11,16-17H2. The molecule has 35 heavy (non-hydrogen) atoms. The lowest BCUT2D eigenvalue weighted by atomic mass is 10.0. The lowest BCUT2D eigenvalue weighted by Crippen LogP contribution is -2.35. The summed E-state index contributed by atoms with van der Waals surface area (Å²) in [6, 6.07) is 15.9. The number of morpholine rings is 1. The molecule has 1 atom stereocenters. The summed E-state index contributed by atoms with van der Waals surface area (Å²) in [6.07, 6.45) is 5.36. The molecule has 1 saturated heterocycles. The van der Waals surface area contributed by atoms with E-state index in [9.17, 15) is 9.18 Å². The Morgan fingerprint density at radius 2 is 2.03 bits per heavy atom. The molecule has 0 saturated carbocycles. The fourth-order valence-corrected chi connectivity index (χ4v) is 4.55. The molecule has 0 spiro atoms. The number of ether oxygens (including phenoxy) is 1. The Balaban J connectivity index is 1.46. The zero-order valence-corrected chi connectivity index (χ0v) is 19.7. The van der Waals surface area contributed by atoms with E-state index in [1.165, 1.54) is 12.1 Å². The van der Waals surface area contributed by atoms with Crippen LogP contribution in [0.15, 0.2) is 73.2 Å². The van der Waals surface area contributed by atoms with Crippen molar-refractivity contribution in [3.63, 3.8) is 0 Å². The topological polar surface area (TPSA) is 67.4 Å². The van der Waals surface area contributed by atoms with Crippen LogP contribution in [0.3, 0.4) is 0 Å². The second-order valence-electron chi connectivity index (χ2n) is 8.49. The highest BCUT2D eigenvalue weighted by molar-refractivity contribution is 6.30. The number of benzene rings is 2. The van der Waals surface area contributed by atoms with Gasteiger partial charge < -0.3 is 10.1 Å². The Labute approximate surface area is 207 Å². The van der Waals surface area contributed by atoms with E-state index in [4.69, 9.17) is 16.3 Å². The Morgan fingerprint density at radius 1 is 1.14 bits per heavy atom. The molecule has 1 unspecified atom stereocenters. The normalized spacial score (nSPS) is 15.8. The fraction of sp³-hybridized carbons (Fsp3) is 0.222. The van der Waals surface area contributed by atoms with Crippen molar-refractivity contribution in [1.82, 2.24) is 15.3 Å². The van der Waals surface area contributed by atoms with E-state index < -0.39 is 5.82 Å². The molecule has 1 aliphatic heterocycles. The van der Waals surface area contributed by atoms with Gasteiger partial charge in [0, 0.05) is 35.5 Å². The highest BCUT2D eigenvalue weighted by atomic mass is 35.5. The van der Waals surface area contributed by atoms with E-state index in [-0.39, 0.29) is 29.9 Å². The molecule has 8 heteroatoms. The lowest BCUT2D eigenvalue weighted by molar-refractivity contribution is -0.118. The van der Waals surface area contributed by atoms with Crippen LogP contribution in [0.4, 0.5) is 10.2 Å². The maximum atomic E-state index is 14.0. The first kappa shape index (κ1) is 23.4. The molecule has 0 radical (unpaired) electrons. The summed E-state index contributed by atoms with van der Waals surface area (Å²) >= 11 is 6.07. The Kier molecular flexibility index (Phi) is 6.99. The van der Waals surface area contributed by atoms with Crippen LogP contribution in [0.2, 0.25) is 5.02 Å². The summed E-state index contributed by atoms with van der Waals surface area (Å²) in [4.78, 5) is 24.1. The number of carbonyl (C=O) groups excluding carboxylic acids is 1. The van der Waals surface area contributed by atoms with E-state index in [1.54, 1.807) is 29.6 Å². The molecular formula is C27H24ClFN4O2. The fourth-order valence-electron chi connectivity index (χ4n) is 4.30. The third-order valence-corrected chi connectivity index (χ3v) is 6.25. The van der Waals surface area contributed by atoms with Gasteiger partial charge in [0.05, 0.1) is 32.2 Å². The maximum Gasteiger partial charge on any atom is 0.232 e. The molecule has 0 aliphatic carbocycles. The number of nitrogens with zero attached hydrogens (tertiary/aromatic N) is 3. The lowest BCUT2D eigenvalue weighted by Gasteiger charge is -2.26. The van der Waals surface area contributed by atoms with Crippen LogP contribution in [0.5, 0.6) is 0 Å². The smallest absolute Gasteiger partial charge is 0.232 e. The van der Waals surface area contributed by atoms with Crippen LogP contribution >= 0.6 is 11.6 Å².